The van der Waals surface area contributed by atoms with Crippen molar-refractivity contribution < 1.29 is 8.42 Å². The van der Waals surface area contributed by atoms with Crippen LogP contribution in [-0.4, -0.2) is 76.2 Å². The Labute approximate surface area is 170 Å². The van der Waals surface area contributed by atoms with Gasteiger partial charge in [-0.3, -0.25) is 9.89 Å². The molecule has 1 aliphatic rings. The van der Waals surface area contributed by atoms with Gasteiger partial charge in [-0.25, -0.2) is 12.7 Å². The van der Waals surface area contributed by atoms with Gasteiger partial charge in [0.25, 0.3) is 0 Å². The third-order valence-electron chi connectivity index (χ3n) is 5.15. The van der Waals surface area contributed by atoms with Crippen molar-refractivity contribution in [3.63, 3.8) is 0 Å². The summed E-state index contributed by atoms with van der Waals surface area (Å²) in [5.41, 5.74) is 1.32. The Morgan fingerprint density at radius 3 is 2.46 bits per heavy atom. The lowest BCUT2D eigenvalue weighted by molar-refractivity contribution is 0.245. The van der Waals surface area contributed by atoms with Crippen LogP contribution in [0.1, 0.15) is 37.8 Å². The second kappa shape index (κ2) is 11.4. The Morgan fingerprint density at radius 2 is 1.89 bits per heavy atom. The first-order valence-corrected chi connectivity index (χ1v) is 12.0. The molecule has 1 atom stereocenters. The van der Waals surface area contributed by atoms with Crippen LogP contribution in [0.15, 0.2) is 35.3 Å². The minimum Gasteiger partial charge on any atom is -0.356 e. The molecule has 0 saturated carbocycles. The Bertz CT molecular complexity index is 703. The molecule has 1 saturated heterocycles. The normalized spacial score (nSPS) is 17.1. The molecule has 1 aromatic rings. The van der Waals surface area contributed by atoms with E-state index in [0.717, 1.165) is 32.0 Å². The highest BCUT2D eigenvalue weighted by atomic mass is 32.2. The van der Waals surface area contributed by atoms with Gasteiger partial charge in [0.2, 0.25) is 10.0 Å². The topological polar surface area (TPSA) is 77.0 Å². The van der Waals surface area contributed by atoms with E-state index in [9.17, 15) is 8.42 Å². The maximum atomic E-state index is 11.6. The standard InChI is InChI=1S/C20H35N5O2S/c1-4-25(28(3,26)27)16-10-13-22-20(21-2)23-17-19(24-14-8-9-15-24)18-11-6-5-7-12-18/h5-7,11-12,19H,4,8-10,13-17H2,1-3H3,(H2,21,22,23). The largest absolute Gasteiger partial charge is 0.356 e. The number of hydrogen-bond acceptors (Lipinski definition) is 4. The van der Waals surface area contributed by atoms with E-state index in [-0.39, 0.29) is 0 Å². The molecule has 7 nitrogen and oxygen atoms in total. The quantitative estimate of drug-likeness (QED) is 0.349. The molecule has 0 spiro atoms. The first-order chi connectivity index (χ1) is 13.5. The number of likely N-dealkylation sites (tertiary alicyclic amines) is 1. The summed E-state index contributed by atoms with van der Waals surface area (Å²) in [7, 11) is -1.37. The second-order valence-electron chi connectivity index (χ2n) is 7.16. The summed E-state index contributed by atoms with van der Waals surface area (Å²) in [6.45, 7) is 6.59. The molecular formula is C20H35N5O2S. The van der Waals surface area contributed by atoms with Crippen molar-refractivity contribution in [2.45, 2.75) is 32.2 Å². The summed E-state index contributed by atoms with van der Waals surface area (Å²) in [4.78, 5) is 6.84. The lowest BCUT2D eigenvalue weighted by atomic mass is 10.1. The van der Waals surface area contributed by atoms with Crippen molar-refractivity contribution in [2.24, 2.45) is 4.99 Å². The van der Waals surface area contributed by atoms with E-state index in [0.29, 0.717) is 25.7 Å². The summed E-state index contributed by atoms with van der Waals surface area (Å²) >= 11 is 0. The predicted octanol–water partition coefficient (Wildman–Crippen LogP) is 1.66. The fourth-order valence-electron chi connectivity index (χ4n) is 3.62. The van der Waals surface area contributed by atoms with Crippen molar-refractivity contribution >= 4 is 16.0 Å². The predicted molar refractivity (Wildman–Crippen MR) is 116 cm³/mol. The van der Waals surface area contributed by atoms with Crippen LogP contribution in [0, 0.1) is 0 Å². The molecular weight excluding hydrogens is 374 g/mol. The Morgan fingerprint density at radius 1 is 1.21 bits per heavy atom. The fourth-order valence-corrected chi connectivity index (χ4v) is 4.55. The molecule has 1 aromatic carbocycles. The Hall–Kier alpha value is -1.64. The summed E-state index contributed by atoms with van der Waals surface area (Å²) in [5.74, 6) is 0.752. The van der Waals surface area contributed by atoms with Crippen molar-refractivity contribution in [1.29, 1.82) is 0 Å². The van der Waals surface area contributed by atoms with Crippen molar-refractivity contribution in [3.8, 4) is 0 Å². The van der Waals surface area contributed by atoms with Crippen LogP contribution >= 0.6 is 0 Å². The van der Waals surface area contributed by atoms with E-state index in [4.69, 9.17) is 0 Å². The summed E-state index contributed by atoms with van der Waals surface area (Å²) < 4.78 is 24.8. The third kappa shape index (κ3) is 7.07. The molecule has 1 unspecified atom stereocenters. The SMILES string of the molecule is CCN(CCCNC(=NC)NCC(c1ccccc1)N1CCCC1)S(C)(=O)=O. The molecule has 1 fully saturated rings. The van der Waals surface area contributed by atoms with Gasteiger partial charge in [0.1, 0.15) is 0 Å². The highest BCUT2D eigenvalue weighted by molar-refractivity contribution is 7.88. The number of rotatable bonds is 10. The number of benzene rings is 1. The fraction of sp³-hybridized carbons (Fsp3) is 0.650. The molecule has 2 N–H and O–H groups in total. The number of guanidine groups is 1. The van der Waals surface area contributed by atoms with Crippen molar-refractivity contribution in [1.82, 2.24) is 19.8 Å². The highest BCUT2D eigenvalue weighted by Crippen LogP contribution is 2.24. The highest BCUT2D eigenvalue weighted by Gasteiger charge is 2.23. The maximum Gasteiger partial charge on any atom is 0.211 e. The average molecular weight is 410 g/mol. The summed E-state index contributed by atoms with van der Waals surface area (Å²) in [5, 5.41) is 6.74. The van der Waals surface area contributed by atoms with E-state index in [1.165, 1.54) is 29.0 Å². The Balaban J connectivity index is 1.84. The molecule has 1 aliphatic heterocycles. The summed E-state index contributed by atoms with van der Waals surface area (Å²) in [6.07, 6.45) is 4.50. The van der Waals surface area contributed by atoms with Gasteiger partial charge in [-0.2, -0.15) is 0 Å². The van der Waals surface area contributed by atoms with Gasteiger partial charge in [-0.15, -0.1) is 0 Å². The van der Waals surface area contributed by atoms with Crippen LogP contribution in [-0.2, 0) is 10.0 Å². The van der Waals surface area contributed by atoms with Crippen LogP contribution in [0.25, 0.3) is 0 Å². The van der Waals surface area contributed by atoms with E-state index in [1.807, 2.05) is 6.92 Å². The van der Waals surface area contributed by atoms with E-state index in [2.05, 4.69) is 50.9 Å². The molecule has 0 radical (unpaired) electrons. The molecule has 1 heterocycles. The maximum absolute atomic E-state index is 11.6. The molecule has 0 amide bonds. The minimum atomic E-state index is -3.13. The molecule has 2 rings (SSSR count). The zero-order valence-corrected chi connectivity index (χ0v) is 18.2. The van der Waals surface area contributed by atoms with E-state index in [1.54, 1.807) is 7.05 Å². The van der Waals surface area contributed by atoms with E-state index >= 15 is 0 Å². The first-order valence-electron chi connectivity index (χ1n) is 10.1. The van der Waals surface area contributed by atoms with Crippen LogP contribution in [0.2, 0.25) is 0 Å². The smallest absolute Gasteiger partial charge is 0.211 e. The lowest BCUT2D eigenvalue weighted by Crippen LogP contribution is -2.43. The minimum absolute atomic E-state index is 0.322. The number of hydrogen-bond donors (Lipinski definition) is 2. The second-order valence-corrected chi connectivity index (χ2v) is 9.14. The molecule has 0 aliphatic carbocycles. The van der Waals surface area contributed by atoms with Gasteiger partial charge in [-0.05, 0) is 37.9 Å². The van der Waals surface area contributed by atoms with Crippen LogP contribution < -0.4 is 10.6 Å². The Kier molecular flexibility index (Phi) is 9.21. The third-order valence-corrected chi connectivity index (χ3v) is 6.53. The van der Waals surface area contributed by atoms with Crippen LogP contribution in [0.5, 0.6) is 0 Å². The van der Waals surface area contributed by atoms with Gasteiger partial charge in [0, 0.05) is 33.2 Å². The molecule has 158 valence electrons. The zero-order chi connectivity index (χ0) is 20.4. The number of nitrogens with zero attached hydrogens (tertiary/aromatic N) is 3. The van der Waals surface area contributed by atoms with Gasteiger partial charge in [-0.1, -0.05) is 37.3 Å². The van der Waals surface area contributed by atoms with E-state index < -0.39 is 10.0 Å². The molecule has 0 aromatic heterocycles. The number of aliphatic imine (C=N–C) groups is 1. The van der Waals surface area contributed by atoms with Gasteiger partial charge >= 0.3 is 0 Å². The molecule has 0 bridgehead atoms. The average Bonchev–Trinajstić information content (AvgIpc) is 3.20. The lowest BCUT2D eigenvalue weighted by Gasteiger charge is -2.29. The van der Waals surface area contributed by atoms with Crippen molar-refractivity contribution in [3.05, 3.63) is 35.9 Å². The number of nitrogens with one attached hydrogen (secondary N) is 2. The van der Waals surface area contributed by atoms with Crippen LogP contribution in [0.3, 0.4) is 0 Å². The first kappa shape index (κ1) is 22.6. The van der Waals surface area contributed by atoms with Crippen LogP contribution in [0.4, 0.5) is 0 Å². The van der Waals surface area contributed by atoms with Gasteiger partial charge in [0.05, 0.1) is 12.3 Å². The van der Waals surface area contributed by atoms with Gasteiger partial charge in [0.15, 0.2) is 5.96 Å². The molecule has 8 heteroatoms. The monoisotopic (exact) mass is 409 g/mol. The summed E-state index contributed by atoms with van der Waals surface area (Å²) in [6, 6.07) is 10.9. The van der Waals surface area contributed by atoms with Crippen molar-refractivity contribution in [2.75, 3.05) is 52.6 Å². The van der Waals surface area contributed by atoms with Gasteiger partial charge < -0.3 is 10.6 Å². The molecule has 28 heavy (non-hydrogen) atoms. The zero-order valence-electron chi connectivity index (χ0n) is 17.4. The number of sulfonamides is 1.